The number of halogens is 3. The molecule has 1 aromatic rings. The van der Waals surface area contributed by atoms with Gasteiger partial charge >= 0.3 is 12.3 Å². The number of rotatable bonds is 3. The minimum Gasteiger partial charge on any atom is -0.481 e. The first-order chi connectivity index (χ1) is 7.28. The Kier molecular flexibility index (Phi) is 3.41. The van der Waals surface area contributed by atoms with Gasteiger partial charge in [-0.2, -0.15) is 0 Å². The molecule has 1 N–H and O–H groups in total. The first kappa shape index (κ1) is 12.4. The highest BCUT2D eigenvalue weighted by atomic mass is 19.4. The van der Waals surface area contributed by atoms with E-state index in [4.69, 9.17) is 5.11 Å². The average molecular weight is 234 g/mol. The van der Waals surface area contributed by atoms with Gasteiger partial charge in [-0.25, -0.2) is 0 Å². The first-order valence-corrected chi connectivity index (χ1v) is 4.35. The maximum Gasteiger partial charge on any atom is 0.573 e. The van der Waals surface area contributed by atoms with Crippen LogP contribution in [0.4, 0.5) is 13.2 Å². The maximum absolute atomic E-state index is 11.9. The molecule has 0 atom stereocenters. The van der Waals surface area contributed by atoms with Gasteiger partial charge < -0.3 is 9.84 Å². The number of carbonyl (C=O) groups is 1. The number of benzene rings is 1. The molecule has 0 aliphatic carbocycles. The lowest BCUT2D eigenvalue weighted by atomic mass is 10.1. The topological polar surface area (TPSA) is 46.5 Å². The minimum atomic E-state index is -4.74. The van der Waals surface area contributed by atoms with Gasteiger partial charge in [0.25, 0.3) is 0 Å². The minimum absolute atomic E-state index is 0.224. The Morgan fingerprint density at radius 1 is 1.44 bits per heavy atom. The van der Waals surface area contributed by atoms with Crippen LogP contribution in [0, 0.1) is 6.92 Å². The number of aryl methyl sites for hydroxylation is 1. The third-order valence-electron chi connectivity index (χ3n) is 1.89. The molecule has 6 heteroatoms. The van der Waals surface area contributed by atoms with Gasteiger partial charge in [0.2, 0.25) is 0 Å². The Balaban J connectivity index is 2.87. The van der Waals surface area contributed by atoms with Crippen LogP contribution < -0.4 is 4.74 Å². The van der Waals surface area contributed by atoms with Crippen molar-refractivity contribution < 1.29 is 27.8 Å². The molecule has 0 bridgehead atoms. The second-order valence-corrected chi connectivity index (χ2v) is 3.21. The monoisotopic (exact) mass is 234 g/mol. The van der Waals surface area contributed by atoms with Gasteiger partial charge in [0.05, 0.1) is 6.42 Å². The Labute approximate surface area is 89.5 Å². The molecular formula is C10H9F3O3. The summed E-state index contributed by atoms with van der Waals surface area (Å²) in [7, 11) is 0. The average Bonchev–Trinajstić information content (AvgIpc) is 2.06. The van der Waals surface area contributed by atoms with Crippen LogP contribution in [-0.4, -0.2) is 17.4 Å². The molecule has 0 saturated carbocycles. The summed E-state index contributed by atoms with van der Waals surface area (Å²) < 4.78 is 39.3. The lowest BCUT2D eigenvalue weighted by Gasteiger charge is -2.10. The van der Waals surface area contributed by atoms with Crippen LogP contribution in [-0.2, 0) is 11.2 Å². The zero-order valence-electron chi connectivity index (χ0n) is 8.34. The highest BCUT2D eigenvalue weighted by molar-refractivity contribution is 5.70. The second kappa shape index (κ2) is 4.42. The standard InChI is InChI=1S/C10H9F3O3/c1-6-4-8(16-10(11,12)13)3-2-7(6)5-9(14)15/h2-4H,5H2,1H3,(H,14,15). The molecule has 0 saturated heterocycles. The largest absolute Gasteiger partial charge is 0.573 e. The summed E-state index contributed by atoms with van der Waals surface area (Å²) in [6.07, 6.45) is -4.96. The number of ether oxygens (including phenoxy) is 1. The Bertz CT molecular complexity index is 399. The molecule has 0 radical (unpaired) electrons. The van der Waals surface area contributed by atoms with Gasteiger partial charge in [-0.3, -0.25) is 4.79 Å². The van der Waals surface area contributed by atoms with E-state index in [2.05, 4.69) is 4.74 Å². The predicted octanol–water partition coefficient (Wildman–Crippen LogP) is 2.52. The van der Waals surface area contributed by atoms with E-state index in [1.165, 1.54) is 13.0 Å². The molecule has 88 valence electrons. The van der Waals surface area contributed by atoms with Crippen LogP contribution in [0.15, 0.2) is 18.2 Å². The van der Waals surface area contributed by atoms with Gasteiger partial charge in [0.15, 0.2) is 0 Å². The van der Waals surface area contributed by atoms with Crippen LogP contribution in [0.5, 0.6) is 5.75 Å². The molecule has 1 aromatic carbocycles. The lowest BCUT2D eigenvalue weighted by Crippen LogP contribution is -2.17. The Hall–Kier alpha value is -1.72. The molecular weight excluding hydrogens is 225 g/mol. The van der Waals surface area contributed by atoms with E-state index in [1.807, 2.05) is 0 Å². The van der Waals surface area contributed by atoms with E-state index in [-0.39, 0.29) is 12.2 Å². The number of aliphatic carboxylic acids is 1. The molecule has 0 fully saturated rings. The predicted molar refractivity (Wildman–Crippen MR) is 49.2 cm³/mol. The number of hydrogen-bond donors (Lipinski definition) is 1. The number of alkyl halides is 3. The fourth-order valence-electron chi connectivity index (χ4n) is 1.23. The van der Waals surface area contributed by atoms with Crippen LogP contribution in [0.3, 0.4) is 0 Å². The molecule has 3 nitrogen and oxygen atoms in total. The third-order valence-corrected chi connectivity index (χ3v) is 1.89. The van der Waals surface area contributed by atoms with Crippen molar-refractivity contribution in [3.63, 3.8) is 0 Å². The van der Waals surface area contributed by atoms with Gasteiger partial charge in [-0.05, 0) is 30.2 Å². The fourth-order valence-corrected chi connectivity index (χ4v) is 1.23. The summed E-state index contributed by atoms with van der Waals surface area (Å²) in [6.45, 7) is 1.53. The van der Waals surface area contributed by atoms with E-state index in [9.17, 15) is 18.0 Å². The Morgan fingerprint density at radius 2 is 2.06 bits per heavy atom. The van der Waals surface area contributed by atoms with Gasteiger partial charge in [0, 0.05) is 0 Å². The first-order valence-electron chi connectivity index (χ1n) is 4.35. The van der Waals surface area contributed by atoms with Crippen molar-refractivity contribution in [1.82, 2.24) is 0 Å². The smallest absolute Gasteiger partial charge is 0.481 e. The van der Waals surface area contributed by atoms with Crippen molar-refractivity contribution in [2.75, 3.05) is 0 Å². The van der Waals surface area contributed by atoms with Crippen LogP contribution in [0.1, 0.15) is 11.1 Å². The van der Waals surface area contributed by atoms with Crippen molar-refractivity contribution in [3.8, 4) is 5.75 Å². The highest BCUT2D eigenvalue weighted by Crippen LogP contribution is 2.24. The Morgan fingerprint density at radius 3 is 2.50 bits per heavy atom. The molecule has 0 unspecified atom stereocenters. The summed E-state index contributed by atoms with van der Waals surface area (Å²) in [5.74, 6) is -1.38. The molecule has 0 aliphatic rings. The number of carboxylic acid groups (broad SMARTS) is 1. The zero-order chi connectivity index (χ0) is 12.3. The normalized spacial score (nSPS) is 11.2. The second-order valence-electron chi connectivity index (χ2n) is 3.21. The SMILES string of the molecule is Cc1cc(OC(F)(F)F)ccc1CC(=O)O. The molecule has 16 heavy (non-hydrogen) atoms. The summed E-state index contributed by atoms with van der Waals surface area (Å²) in [5, 5.41) is 8.54. The van der Waals surface area contributed by atoms with Crippen molar-refractivity contribution in [1.29, 1.82) is 0 Å². The zero-order valence-corrected chi connectivity index (χ0v) is 8.34. The fraction of sp³-hybridized carbons (Fsp3) is 0.300. The van der Waals surface area contributed by atoms with Crippen LogP contribution in [0.25, 0.3) is 0 Å². The van der Waals surface area contributed by atoms with Crippen LogP contribution >= 0.6 is 0 Å². The van der Waals surface area contributed by atoms with Gasteiger partial charge in [-0.15, -0.1) is 13.2 Å². The van der Waals surface area contributed by atoms with Crippen molar-refractivity contribution in [2.24, 2.45) is 0 Å². The summed E-state index contributed by atoms with van der Waals surface area (Å²) in [5.41, 5.74) is 0.908. The van der Waals surface area contributed by atoms with E-state index >= 15 is 0 Å². The molecule has 0 heterocycles. The van der Waals surface area contributed by atoms with Crippen molar-refractivity contribution in [3.05, 3.63) is 29.3 Å². The van der Waals surface area contributed by atoms with Crippen molar-refractivity contribution >= 4 is 5.97 Å². The molecule has 0 amide bonds. The van der Waals surface area contributed by atoms with Gasteiger partial charge in [0.1, 0.15) is 5.75 Å². The van der Waals surface area contributed by atoms with E-state index in [1.54, 1.807) is 0 Å². The quantitative estimate of drug-likeness (QED) is 0.874. The van der Waals surface area contributed by atoms with E-state index < -0.39 is 12.3 Å². The third kappa shape index (κ3) is 3.80. The van der Waals surface area contributed by atoms with Crippen molar-refractivity contribution in [2.45, 2.75) is 19.7 Å². The summed E-state index contributed by atoms with van der Waals surface area (Å²) in [6, 6.07) is 3.56. The highest BCUT2D eigenvalue weighted by Gasteiger charge is 2.31. The molecule has 0 spiro atoms. The van der Waals surface area contributed by atoms with E-state index in [0.29, 0.717) is 11.1 Å². The molecule has 1 rings (SSSR count). The number of hydrogen-bond acceptors (Lipinski definition) is 2. The summed E-state index contributed by atoms with van der Waals surface area (Å²) in [4.78, 5) is 10.4. The molecule has 0 aromatic heterocycles. The van der Waals surface area contributed by atoms with E-state index in [0.717, 1.165) is 12.1 Å². The summed E-state index contributed by atoms with van der Waals surface area (Å²) >= 11 is 0. The maximum atomic E-state index is 11.9. The number of carboxylic acids is 1. The lowest BCUT2D eigenvalue weighted by molar-refractivity contribution is -0.274. The molecule has 0 aliphatic heterocycles. The van der Waals surface area contributed by atoms with Crippen LogP contribution in [0.2, 0.25) is 0 Å². The van der Waals surface area contributed by atoms with Gasteiger partial charge in [-0.1, -0.05) is 6.07 Å².